The van der Waals surface area contributed by atoms with Gasteiger partial charge in [0.15, 0.2) is 5.78 Å². The Balaban J connectivity index is 2.37. The van der Waals surface area contributed by atoms with Crippen LogP contribution >= 0.6 is 0 Å². The average molecular weight is 322 g/mol. The number of carboxylic acid groups (broad SMARTS) is 1. The summed E-state index contributed by atoms with van der Waals surface area (Å²) >= 11 is 0. The maximum absolute atomic E-state index is 12.0. The molecule has 1 rings (SSSR count). The molecule has 0 bridgehead atoms. The molecule has 0 aromatic heterocycles. The summed E-state index contributed by atoms with van der Waals surface area (Å²) in [7, 11) is 0. The van der Waals surface area contributed by atoms with Crippen LogP contribution < -0.4 is 0 Å². The molecule has 0 saturated heterocycles. The second-order valence-corrected chi connectivity index (χ2v) is 6.35. The SMILES string of the molecule is CCCCCCC=CC1C=CC(=O)C1C(O)CCCCC(=O)O. The van der Waals surface area contributed by atoms with Crippen LogP contribution in [0.2, 0.25) is 0 Å². The van der Waals surface area contributed by atoms with Gasteiger partial charge in [-0.2, -0.15) is 0 Å². The van der Waals surface area contributed by atoms with Gasteiger partial charge in [0.2, 0.25) is 0 Å². The van der Waals surface area contributed by atoms with Crippen molar-refractivity contribution in [2.45, 2.75) is 70.8 Å². The Morgan fingerprint density at radius 3 is 2.74 bits per heavy atom. The number of rotatable bonds is 12. The molecule has 0 aromatic carbocycles. The lowest BCUT2D eigenvalue weighted by atomic mass is 9.86. The van der Waals surface area contributed by atoms with Crippen molar-refractivity contribution in [2.24, 2.45) is 11.8 Å². The molecule has 0 radical (unpaired) electrons. The lowest BCUT2D eigenvalue weighted by Crippen LogP contribution is -2.29. The van der Waals surface area contributed by atoms with E-state index in [9.17, 15) is 14.7 Å². The summed E-state index contributed by atoms with van der Waals surface area (Å²) in [6, 6.07) is 0. The van der Waals surface area contributed by atoms with Gasteiger partial charge in [-0.15, -0.1) is 0 Å². The third-order valence-corrected chi connectivity index (χ3v) is 4.36. The number of hydrogen-bond donors (Lipinski definition) is 2. The van der Waals surface area contributed by atoms with E-state index < -0.39 is 18.0 Å². The predicted molar refractivity (Wildman–Crippen MR) is 91.1 cm³/mol. The fraction of sp³-hybridized carbons (Fsp3) is 0.684. The van der Waals surface area contributed by atoms with Gasteiger partial charge >= 0.3 is 5.97 Å². The molecule has 0 heterocycles. The van der Waals surface area contributed by atoms with Gasteiger partial charge in [-0.3, -0.25) is 9.59 Å². The van der Waals surface area contributed by atoms with Gasteiger partial charge in [-0.25, -0.2) is 0 Å². The van der Waals surface area contributed by atoms with Crippen LogP contribution in [-0.2, 0) is 9.59 Å². The highest BCUT2D eigenvalue weighted by atomic mass is 16.4. The molecule has 0 amide bonds. The van der Waals surface area contributed by atoms with Gasteiger partial charge < -0.3 is 10.2 Å². The van der Waals surface area contributed by atoms with Crippen molar-refractivity contribution in [2.75, 3.05) is 0 Å². The van der Waals surface area contributed by atoms with E-state index in [1.807, 2.05) is 12.2 Å². The number of carboxylic acids is 1. The molecule has 0 aromatic rings. The second-order valence-electron chi connectivity index (χ2n) is 6.35. The van der Waals surface area contributed by atoms with E-state index in [-0.39, 0.29) is 18.1 Å². The van der Waals surface area contributed by atoms with E-state index in [2.05, 4.69) is 13.0 Å². The molecule has 1 aliphatic carbocycles. The largest absolute Gasteiger partial charge is 0.481 e. The van der Waals surface area contributed by atoms with Gasteiger partial charge in [0.05, 0.1) is 12.0 Å². The maximum Gasteiger partial charge on any atom is 0.303 e. The zero-order chi connectivity index (χ0) is 17.1. The fourth-order valence-electron chi connectivity index (χ4n) is 3.01. The van der Waals surface area contributed by atoms with Crippen LogP contribution in [0.4, 0.5) is 0 Å². The van der Waals surface area contributed by atoms with Crippen molar-refractivity contribution in [1.82, 2.24) is 0 Å². The van der Waals surface area contributed by atoms with E-state index in [0.717, 1.165) is 12.8 Å². The zero-order valence-electron chi connectivity index (χ0n) is 14.1. The predicted octanol–water partition coefficient (Wildman–Crippen LogP) is 3.89. The molecule has 3 unspecified atom stereocenters. The first-order valence-corrected chi connectivity index (χ1v) is 8.84. The molecule has 130 valence electrons. The summed E-state index contributed by atoms with van der Waals surface area (Å²) in [6.45, 7) is 2.19. The summed E-state index contributed by atoms with van der Waals surface area (Å²) in [5.74, 6) is -1.26. The van der Waals surface area contributed by atoms with Gasteiger partial charge in [0.25, 0.3) is 0 Å². The van der Waals surface area contributed by atoms with Crippen LogP contribution in [0.5, 0.6) is 0 Å². The Hall–Kier alpha value is -1.42. The van der Waals surface area contributed by atoms with E-state index in [0.29, 0.717) is 19.3 Å². The topological polar surface area (TPSA) is 74.6 Å². The number of unbranched alkanes of at least 4 members (excludes halogenated alkanes) is 5. The van der Waals surface area contributed by atoms with Crippen molar-refractivity contribution in [1.29, 1.82) is 0 Å². The average Bonchev–Trinajstić information content (AvgIpc) is 2.88. The van der Waals surface area contributed by atoms with Crippen LogP contribution in [0.3, 0.4) is 0 Å². The highest BCUT2D eigenvalue weighted by molar-refractivity contribution is 5.95. The Morgan fingerprint density at radius 2 is 2.04 bits per heavy atom. The highest BCUT2D eigenvalue weighted by Gasteiger charge is 2.34. The molecular weight excluding hydrogens is 292 g/mol. The van der Waals surface area contributed by atoms with Crippen LogP contribution in [0.15, 0.2) is 24.3 Å². The number of carbonyl (C=O) groups is 2. The monoisotopic (exact) mass is 322 g/mol. The van der Waals surface area contributed by atoms with Crippen LogP contribution in [0, 0.1) is 11.8 Å². The Labute approximate surface area is 139 Å². The highest BCUT2D eigenvalue weighted by Crippen LogP contribution is 2.29. The number of aliphatic hydroxyl groups is 1. The molecule has 4 heteroatoms. The molecule has 23 heavy (non-hydrogen) atoms. The van der Waals surface area contributed by atoms with Gasteiger partial charge in [-0.1, -0.05) is 50.8 Å². The number of carbonyl (C=O) groups excluding carboxylic acids is 1. The first-order valence-electron chi connectivity index (χ1n) is 8.84. The number of ketones is 1. The minimum absolute atomic E-state index is 0.0173. The molecular formula is C19H30O4. The minimum Gasteiger partial charge on any atom is -0.481 e. The third kappa shape index (κ3) is 7.60. The molecule has 2 N–H and O–H groups in total. The smallest absolute Gasteiger partial charge is 0.303 e. The second kappa shape index (κ2) is 11.2. The third-order valence-electron chi connectivity index (χ3n) is 4.36. The summed E-state index contributed by atoms with van der Waals surface area (Å²) in [4.78, 5) is 22.4. The summed E-state index contributed by atoms with van der Waals surface area (Å²) in [5.41, 5.74) is 0. The molecule has 0 spiro atoms. The number of hydrogen-bond acceptors (Lipinski definition) is 3. The maximum atomic E-state index is 12.0. The Morgan fingerprint density at radius 1 is 1.26 bits per heavy atom. The lowest BCUT2D eigenvalue weighted by Gasteiger charge is -2.21. The van der Waals surface area contributed by atoms with Gasteiger partial charge in [-0.05, 0) is 31.8 Å². The summed E-state index contributed by atoms with van der Waals surface area (Å²) in [6.07, 6.45) is 14.6. The Kier molecular flexibility index (Phi) is 9.53. The normalized spacial score (nSPS) is 22.1. The van der Waals surface area contributed by atoms with Crippen LogP contribution in [0.1, 0.15) is 64.7 Å². The summed E-state index contributed by atoms with van der Waals surface area (Å²) < 4.78 is 0. The van der Waals surface area contributed by atoms with E-state index in [1.54, 1.807) is 6.08 Å². The molecule has 0 saturated carbocycles. The fourth-order valence-corrected chi connectivity index (χ4v) is 3.01. The molecule has 3 atom stereocenters. The number of allylic oxidation sites excluding steroid dienone is 4. The first-order chi connectivity index (χ1) is 11.1. The van der Waals surface area contributed by atoms with Crippen molar-refractivity contribution in [3.8, 4) is 0 Å². The molecule has 0 fully saturated rings. The lowest BCUT2D eigenvalue weighted by molar-refractivity contribution is -0.137. The van der Waals surface area contributed by atoms with Crippen molar-refractivity contribution >= 4 is 11.8 Å². The van der Waals surface area contributed by atoms with E-state index >= 15 is 0 Å². The van der Waals surface area contributed by atoms with Crippen molar-refractivity contribution < 1.29 is 19.8 Å². The Bertz CT molecular complexity index is 425. The van der Waals surface area contributed by atoms with Crippen molar-refractivity contribution in [3.05, 3.63) is 24.3 Å². The van der Waals surface area contributed by atoms with Crippen LogP contribution in [-0.4, -0.2) is 28.1 Å². The minimum atomic E-state index is -0.818. The molecule has 0 aliphatic heterocycles. The van der Waals surface area contributed by atoms with E-state index in [1.165, 1.54) is 19.3 Å². The quantitative estimate of drug-likeness (QED) is 0.422. The molecule has 4 nitrogen and oxygen atoms in total. The van der Waals surface area contributed by atoms with Gasteiger partial charge in [0.1, 0.15) is 0 Å². The molecule has 1 aliphatic rings. The van der Waals surface area contributed by atoms with E-state index in [4.69, 9.17) is 5.11 Å². The standard InChI is InChI=1S/C19H30O4/c1-2-3-4-5-6-7-10-15-13-14-17(21)19(15)16(20)11-8-9-12-18(22)23/h7,10,13-16,19-20H,2-6,8-9,11-12H2,1H3,(H,22,23). The first kappa shape index (κ1) is 19.6. The number of aliphatic carboxylic acids is 1. The van der Waals surface area contributed by atoms with Crippen molar-refractivity contribution in [3.63, 3.8) is 0 Å². The zero-order valence-corrected chi connectivity index (χ0v) is 14.1. The van der Waals surface area contributed by atoms with Gasteiger partial charge in [0, 0.05) is 12.3 Å². The number of aliphatic hydroxyl groups excluding tert-OH is 1. The summed E-state index contributed by atoms with van der Waals surface area (Å²) in [5, 5.41) is 18.9. The van der Waals surface area contributed by atoms with Crippen LogP contribution in [0.25, 0.3) is 0 Å².